The summed E-state index contributed by atoms with van der Waals surface area (Å²) < 4.78 is 0. The maximum atomic E-state index is 5.59. The number of hydrogen-bond acceptors (Lipinski definition) is 2. The van der Waals surface area contributed by atoms with Crippen molar-refractivity contribution in [1.82, 2.24) is 0 Å². The average Bonchev–Trinajstić information content (AvgIpc) is 1.59. The van der Waals surface area contributed by atoms with Gasteiger partial charge in [-0.05, 0) is 18.2 Å². The smallest absolute Gasteiger partial charge is 0.0446 e. The third kappa shape index (κ3) is 4.19. The van der Waals surface area contributed by atoms with E-state index in [1.54, 1.807) is 18.2 Å². The quantitative estimate of drug-likeness (QED) is 0.653. The van der Waals surface area contributed by atoms with Gasteiger partial charge in [-0.3, -0.25) is 0 Å². The van der Waals surface area contributed by atoms with E-state index in [-0.39, 0.29) is 24.8 Å². The molecule has 4 N–H and O–H groups in total. The lowest BCUT2D eigenvalue weighted by Crippen LogP contribution is -1.88. The molecular formula is C6H9Cl3N2. The summed E-state index contributed by atoms with van der Waals surface area (Å²) in [5.41, 5.74) is 12.0. The normalized spacial score (nSPS) is 7.73. The predicted octanol–water partition coefficient (Wildman–Crippen LogP) is 2.35. The lowest BCUT2D eigenvalue weighted by atomic mass is 10.3. The van der Waals surface area contributed by atoms with Crippen LogP contribution in [-0.4, -0.2) is 0 Å². The Hall–Kier alpha value is -0.310. The molecule has 0 aliphatic carbocycles. The second-order valence-electron chi connectivity index (χ2n) is 1.82. The van der Waals surface area contributed by atoms with Gasteiger partial charge >= 0.3 is 0 Å². The minimum Gasteiger partial charge on any atom is -0.399 e. The summed E-state index contributed by atoms with van der Waals surface area (Å²) in [5.74, 6) is 0. The van der Waals surface area contributed by atoms with Crippen LogP contribution in [0.4, 0.5) is 11.4 Å². The molecule has 0 heterocycles. The van der Waals surface area contributed by atoms with E-state index in [9.17, 15) is 0 Å². The number of hydrogen-bond donors (Lipinski definition) is 2. The number of halogens is 3. The van der Waals surface area contributed by atoms with Gasteiger partial charge in [0.15, 0.2) is 0 Å². The molecule has 0 radical (unpaired) electrons. The lowest BCUT2D eigenvalue weighted by molar-refractivity contribution is 1.66. The number of benzene rings is 1. The number of nitrogens with two attached hydrogens (primary N) is 2. The highest BCUT2D eigenvalue weighted by molar-refractivity contribution is 6.31. The zero-order valence-electron chi connectivity index (χ0n) is 5.58. The summed E-state index contributed by atoms with van der Waals surface area (Å²) in [6.45, 7) is 0. The summed E-state index contributed by atoms with van der Waals surface area (Å²) in [6.07, 6.45) is 0. The number of anilines is 2. The van der Waals surface area contributed by atoms with Gasteiger partial charge in [0.2, 0.25) is 0 Å². The molecule has 1 aromatic rings. The predicted molar refractivity (Wildman–Crippen MR) is 54.8 cm³/mol. The second-order valence-corrected chi connectivity index (χ2v) is 2.25. The summed E-state index contributed by atoms with van der Waals surface area (Å²) in [7, 11) is 0. The molecule has 0 aromatic heterocycles. The number of nitrogen functional groups attached to an aromatic ring is 2. The van der Waals surface area contributed by atoms with Crippen LogP contribution in [0.1, 0.15) is 0 Å². The molecule has 0 aliphatic rings. The minimum absolute atomic E-state index is 0. The highest BCUT2D eigenvalue weighted by Gasteiger charge is 1.90. The molecule has 0 unspecified atom stereocenters. The van der Waals surface area contributed by atoms with Crippen LogP contribution in [0, 0.1) is 0 Å². The van der Waals surface area contributed by atoms with Crippen molar-refractivity contribution in [1.29, 1.82) is 0 Å². The maximum absolute atomic E-state index is 5.59. The largest absolute Gasteiger partial charge is 0.399 e. The molecule has 1 rings (SSSR count). The monoisotopic (exact) mass is 214 g/mol. The van der Waals surface area contributed by atoms with E-state index in [1.165, 1.54) is 0 Å². The standard InChI is InChI=1S/C6H7ClN2.2ClH/c7-4-1-5(8)3-6(9)2-4;;/h1-3H,8-9H2;2*1H. The fourth-order valence-corrected chi connectivity index (χ4v) is 0.888. The van der Waals surface area contributed by atoms with Crippen LogP contribution in [0.15, 0.2) is 18.2 Å². The van der Waals surface area contributed by atoms with E-state index < -0.39 is 0 Å². The van der Waals surface area contributed by atoms with Gasteiger partial charge in [0.05, 0.1) is 0 Å². The average molecular weight is 216 g/mol. The van der Waals surface area contributed by atoms with Crippen molar-refractivity contribution in [3.05, 3.63) is 23.2 Å². The molecule has 64 valence electrons. The SMILES string of the molecule is Cl.Cl.Nc1cc(N)cc(Cl)c1. The first kappa shape index (κ1) is 13.3. The fraction of sp³-hybridized carbons (Fsp3) is 0. The summed E-state index contributed by atoms with van der Waals surface area (Å²) in [4.78, 5) is 0. The van der Waals surface area contributed by atoms with Crippen molar-refractivity contribution in [2.45, 2.75) is 0 Å². The maximum Gasteiger partial charge on any atom is 0.0446 e. The molecule has 0 spiro atoms. The summed E-state index contributed by atoms with van der Waals surface area (Å²) >= 11 is 5.59. The molecular weight excluding hydrogens is 206 g/mol. The lowest BCUT2D eigenvalue weighted by Gasteiger charge is -1.95. The Bertz CT molecular complexity index is 177. The van der Waals surface area contributed by atoms with Gasteiger partial charge in [0, 0.05) is 16.4 Å². The first-order valence-electron chi connectivity index (χ1n) is 2.50. The van der Waals surface area contributed by atoms with Crippen LogP contribution >= 0.6 is 36.4 Å². The van der Waals surface area contributed by atoms with E-state index in [0.29, 0.717) is 16.4 Å². The zero-order chi connectivity index (χ0) is 6.85. The molecule has 0 aliphatic heterocycles. The molecule has 5 heteroatoms. The van der Waals surface area contributed by atoms with Crippen molar-refractivity contribution < 1.29 is 0 Å². The topological polar surface area (TPSA) is 52.0 Å². The number of rotatable bonds is 0. The van der Waals surface area contributed by atoms with Gasteiger partial charge in [-0.1, -0.05) is 11.6 Å². The van der Waals surface area contributed by atoms with Crippen LogP contribution in [0.2, 0.25) is 5.02 Å². The molecule has 0 atom stereocenters. The Labute approximate surface area is 82.7 Å². The third-order valence-corrected chi connectivity index (χ3v) is 1.16. The van der Waals surface area contributed by atoms with Crippen LogP contribution in [-0.2, 0) is 0 Å². The summed E-state index contributed by atoms with van der Waals surface area (Å²) in [6, 6.07) is 4.96. The molecule has 0 bridgehead atoms. The Morgan fingerprint density at radius 2 is 1.27 bits per heavy atom. The summed E-state index contributed by atoms with van der Waals surface area (Å²) in [5, 5.41) is 0.576. The van der Waals surface area contributed by atoms with Crippen LogP contribution < -0.4 is 11.5 Å². The molecule has 1 aromatic carbocycles. The van der Waals surface area contributed by atoms with Crippen LogP contribution in [0.5, 0.6) is 0 Å². The van der Waals surface area contributed by atoms with E-state index in [0.717, 1.165) is 0 Å². The molecule has 0 saturated heterocycles. The van der Waals surface area contributed by atoms with Crippen molar-refractivity contribution in [3.8, 4) is 0 Å². The molecule has 0 saturated carbocycles. The van der Waals surface area contributed by atoms with Crippen molar-refractivity contribution in [2.24, 2.45) is 0 Å². The van der Waals surface area contributed by atoms with Crippen LogP contribution in [0.3, 0.4) is 0 Å². The molecule has 0 fully saturated rings. The third-order valence-electron chi connectivity index (χ3n) is 0.942. The molecule has 11 heavy (non-hydrogen) atoms. The highest BCUT2D eigenvalue weighted by Crippen LogP contribution is 2.17. The molecule has 0 amide bonds. The highest BCUT2D eigenvalue weighted by atomic mass is 35.5. The minimum atomic E-state index is 0. The first-order valence-corrected chi connectivity index (χ1v) is 2.88. The molecule has 2 nitrogen and oxygen atoms in total. The van der Waals surface area contributed by atoms with Crippen molar-refractivity contribution >= 4 is 47.8 Å². The Balaban J connectivity index is 0. The van der Waals surface area contributed by atoms with Gasteiger partial charge in [-0.25, -0.2) is 0 Å². The van der Waals surface area contributed by atoms with Crippen molar-refractivity contribution in [3.63, 3.8) is 0 Å². The Kier molecular flexibility index (Phi) is 6.47. The van der Waals surface area contributed by atoms with E-state index in [1.807, 2.05) is 0 Å². The van der Waals surface area contributed by atoms with E-state index in [4.69, 9.17) is 23.1 Å². The van der Waals surface area contributed by atoms with Gasteiger partial charge in [-0.15, -0.1) is 24.8 Å². The van der Waals surface area contributed by atoms with Gasteiger partial charge in [0.1, 0.15) is 0 Å². The Morgan fingerprint density at radius 1 is 0.909 bits per heavy atom. The van der Waals surface area contributed by atoms with E-state index in [2.05, 4.69) is 0 Å². The fourth-order valence-electron chi connectivity index (χ4n) is 0.636. The van der Waals surface area contributed by atoms with Gasteiger partial charge < -0.3 is 11.5 Å². The van der Waals surface area contributed by atoms with Crippen molar-refractivity contribution in [2.75, 3.05) is 11.5 Å². The second kappa shape index (κ2) is 5.35. The zero-order valence-corrected chi connectivity index (χ0v) is 7.97. The van der Waals surface area contributed by atoms with Gasteiger partial charge in [0.25, 0.3) is 0 Å². The van der Waals surface area contributed by atoms with Crippen LogP contribution in [0.25, 0.3) is 0 Å². The van der Waals surface area contributed by atoms with E-state index >= 15 is 0 Å². The Morgan fingerprint density at radius 3 is 1.55 bits per heavy atom. The first-order chi connectivity index (χ1) is 4.18. The van der Waals surface area contributed by atoms with Gasteiger partial charge in [-0.2, -0.15) is 0 Å².